The molecular formula is C12H20O6. The van der Waals surface area contributed by atoms with E-state index in [0.29, 0.717) is 33.0 Å². The third-order valence-corrected chi connectivity index (χ3v) is 2.94. The van der Waals surface area contributed by atoms with Gasteiger partial charge in [-0.25, -0.2) is 0 Å². The van der Waals surface area contributed by atoms with Crippen molar-refractivity contribution >= 4 is 0 Å². The van der Waals surface area contributed by atoms with Gasteiger partial charge < -0.3 is 28.4 Å². The van der Waals surface area contributed by atoms with E-state index in [-0.39, 0.29) is 24.4 Å². The first-order valence-corrected chi connectivity index (χ1v) is 6.52. The molecule has 0 aromatic carbocycles. The normalized spacial score (nSPS) is 32.8. The van der Waals surface area contributed by atoms with Crippen molar-refractivity contribution in [1.29, 1.82) is 0 Å². The largest absolute Gasteiger partial charge is 0.376 e. The Morgan fingerprint density at radius 2 is 1.22 bits per heavy atom. The van der Waals surface area contributed by atoms with Crippen LogP contribution in [0.15, 0.2) is 0 Å². The number of rotatable bonds is 11. The van der Waals surface area contributed by atoms with E-state index in [2.05, 4.69) is 0 Å². The summed E-state index contributed by atoms with van der Waals surface area (Å²) in [5.74, 6) is 0. The molecule has 6 nitrogen and oxygen atoms in total. The van der Waals surface area contributed by atoms with E-state index < -0.39 is 0 Å². The second-order valence-corrected chi connectivity index (χ2v) is 4.90. The number of epoxide rings is 3. The molecule has 3 heterocycles. The minimum Gasteiger partial charge on any atom is -0.376 e. The summed E-state index contributed by atoms with van der Waals surface area (Å²) in [6.45, 7) is 5.43. The van der Waals surface area contributed by atoms with Gasteiger partial charge in [0.05, 0.1) is 52.9 Å². The van der Waals surface area contributed by atoms with E-state index in [0.717, 1.165) is 19.8 Å². The maximum Gasteiger partial charge on any atom is 0.104 e. The molecule has 0 amide bonds. The number of ether oxygens (including phenoxy) is 6. The van der Waals surface area contributed by atoms with Crippen molar-refractivity contribution < 1.29 is 28.4 Å². The van der Waals surface area contributed by atoms with E-state index in [1.807, 2.05) is 0 Å². The molecule has 3 atom stereocenters. The van der Waals surface area contributed by atoms with Gasteiger partial charge >= 0.3 is 0 Å². The van der Waals surface area contributed by atoms with E-state index in [1.54, 1.807) is 0 Å². The van der Waals surface area contributed by atoms with Crippen LogP contribution in [0.5, 0.6) is 0 Å². The van der Waals surface area contributed by atoms with Crippen molar-refractivity contribution in [2.45, 2.75) is 24.4 Å². The van der Waals surface area contributed by atoms with Crippen LogP contribution in [0, 0.1) is 0 Å². The lowest BCUT2D eigenvalue weighted by molar-refractivity contribution is -0.0661. The van der Waals surface area contributed by atoms with E-state index in [4.69, 9.17) is 28.4 Å². The SMILES string of the molecule is C(OC[C@@H]1CO1)C(COC[C@@H]1CO1)OC[C@H]1CO1. The van der Waals surface area contributed by atoms with Gasteiger partial charge in [0.2, 0.25) is 0 Å². The molecular weight excluding hydrogens is 240 g/mol. The Balaban J connectivity index is 1.28. The highest BCUT2D eigenvalue weighted by Gasteiger charge is 2.27. The standard InChI is InChI=1S/C12H20O6/c1(13-3-10-5-16-10)9(15-7-12-8-18-12)2-14-4-11-6-17-11/h9-12H,1-8H2/t10-,11-,12+/m1/s1. The molecule has 0 bridgehead atoms. The van der Waals surface area contributed by atoms with Gasteiger partial charge in [0, 0.05) is 0 Å². The molecule has 0 radical (unpaired) electrons. The molecule has 0 aromatic heterocycles. The van der Waals surface area contributed by atoms with Crippen molar-refractivity contribution in [3.8, 4) is 0 Å². The number of hydrogen-bond acceptors (Lipinski definition) is 6. The maximum atomic E-state index is 5.71. The zero-order chi connectivity index (χ0) is 12.2. The smallest absolute Gasteiger partial charge is 0.104 e. The van der Waals surface area contributed by atoms with E-state index in [1.165, 1.54) is 0 Å². The maximum absolute atomic E-state index is 5.71. The Kier molecular flexibility index (Phi) is 4.45. The van der Waals surface area contributed by atoms with Gasteiger partial charge in [-0.1, -0.05) is 0 Å². The van der Waals surface area contributed by atoms with Crippen LogP contribution in [0.4, 0.5) is 0 Å². The van der Waals surface area contributed by atoms with Crippen LogP contribution in [0.1, 0.15) is 0 Å². The molecule has 3 aliphatic rings. The molecule has 18 heavy (non-hydrogen) atoms. The summed E-state index contributed by atoms with van der Waals surface area (Å²) in [5.41, 5.74) is 0. The Morgan fingerprint density at radius 1 is 0.778 bits per heavy atom. The summed E-state index contributed by atoms with van der Waals surface area (Å²) in [6, 6.07) is 0. The lowest BCUT2D eigenvalue weighted by atomic mass is 10.4. The summed E-state index contributed by atoms with van der Waals surface area (Å²) in [5, 5.41) is 0. The quantitative estimate of drug-likeness (QED) is 0.471. The highest BCUT2D eigenvalue weighted by atomic mass is 16.6. The van der Waals surface area contributed by atoms with Crippen molar-refractivity contribution in [1.82, 2.24) is 0 Å². The van der Waals surface area contributed by atoms with Gasteiger partial charge in [-0.3, -0.25) is 0 Å². The first-order valence-electron chi connectivity index (χ1n) is 6.52. The second-order valence-electron chi connectivity index (χ2n) is 4.90. The minimum absolute atomic E-state index is 0.0355. The topological polar surface area (TPSA) is 65.3 Å². The Bertz CT molecular complexity index is 231. The molecule has 6 heteroatoms. The monoisotopic (exact) mass is 260 g/mol. The Morgan fingerprint density at radius 3 is 1.67 bits per heavy atom. The van der Waals surface area contributed by atoms with Crippen LogP contribution < -0.4 is 0 Å². The van der Waals surface area contributed by atoms with Crippen LogP contribution in [-0.4, -0.2) is 77.3 Å². The summed E-state index contributed by atoms with van der Waals surface area (Å²) in [6.07, 6.45) is 0.814. The summed E-state index contributed by atoms with van der Waals surface area (Å²) in [7, 11) is 0. The van der Waals surface area contributed by atoms with Crippen LogP contribution in [-0.2, 0) is 28.4 Å². The molecule has 3 saturated heterocycles. The lowest BCUT2D eigenvalue weighted by Crippen LogP contribution is -2.28. The predicted molar refractivity (Wildman–Crippen MR) is 60.6 cm³/mol. The van der Waals surface area contributed by atoms with Crippen molar-refractivity contribution in [3.05, 3.63) is 0 Å². The van der Waals surface area contributed by atoms with Gasteiger partial charge in [-0.05, 0) is 0 Å². The molecule has 3 aliphatic heterocycles. The number of hydrogen-bond donors (Lipinski definition) is 0. The second kappa shape index (κ2) is 6.27. The van der Waals surface area contributed by atoms with Crippen LogP contribution in [0.2, 0.25) is 0 Å². The molecule has 3 rings (SSSR count). The van der Waals surface area contributed by atoms with Gasteiger partial charge in [-0.15, -0.1) is 0 Å². The molecule has 0 saturated carbocycles. The molecule has 0 N–H and O–H groups in total. The van der Waals surface area contributed by atoms with Crippen LogP contribution in [0.3, 0.4) is 0 Å². The fourth-order valence-electron chi connectivity index (χ4n) is 1.54. The molecule has 104 valence electrons. The van der Waals surface area contributed by atoms with Gasteiger partial charge in [-0.2, -0.15) is 0 Å². The summed E-state index contributed by atoms with van der Waals surface area (Å²) in [4.78, 5) is 0. The highest BCUT2D eigenvalue weighted by Crippen LogP contribution is 2.13. The lowest BCUT2D eigenvalue weighted by Gasteiger charge is -2.17. The Labute approximate surface area is 106 Å². The average Bonchev–Trinajstić information content (AvgIpc) is 3.23. The third-order valence-electron chi connectivity index (χ3n) is 2.94. The van der Waals surface area contributed by atoms with Crippen molar-refractivity contribution in [2.75, 3.05) is 52.9 Å². The van der Waals surface area contributed by atoms with Crippen molar-refractivity contribution in [3.63, 3.8) is 0 Å². The fourth-order valence-corrected chi connectivity index (χ4v) is 1.54. The van der Waals surface area contributed by atoms with Gasteiger partial charge in [0.1, 0.15) is 24.4 Å². The van der Waals surface area contributed by atoms with Gasteiger partial charge in [0.25, 0.3) is 0 Å². The summed E-state index contributed by atoms with van der Waals surface area (Å²) < 4.78 is 32.1. The highest BCUT2D eigenvalue weighted by molar-refractivity contribution is 4.72. The molecule has 0 unspecified atom stereocenters. The Hall–Kier alpha value is -0.240. The third kappa shape index (κ3) is 5.17. The van der Waals surface area contributed by atoms with Crippen LogP contribution in [0.25, 0.3) is 0 Å². The van der Waals surface area contributed by atoms with Crippen molar-refractivity contribution in [2.24, 2.45) is 0 Å². The van der Waals surface area contributed by atoms with E-state index in [9.17, 15) is 0 Å². The minimum atomic E-state index is -0.0355. The van der Waals surface area contributed by atoms with Crippen LogP contribution >= 0.6 is 0 Å². The summed E-state index contributed by atoms with van der Waals surface area (Å²) >= 11 is 0. The first kappa shape index (κ1) is 12.8. The molecule has 0 spiro atoms. The predicted octanol–water partition coefficient (Wildman–Crippen LogP) is -0.399. The molecule has 0 aromatic rings. The van der Waals surface area contributed by atoms with Gasteiger partial charge in [0.15, 0.2) is 0 Å². The average molecular weight is 260 g/mol. The molecule has 0 aliphatic carbocycles. The zero-order valence-electron chi connectivity index (χ0n) is 10.4. The van der Waals surface area contributed by atoms with E-state index >= 15 is 0 Å². The first-order chi connectivity index (χ1) is 8.90. The fraction of sp³-hybridized carbons (Fsp3) is 1.00. The molecule has 3 fully saturated rings. The zero-order valence-corrected chi connectivity index (χ0v) is 10.4.